The molecule has 52 heavy (non-hydrogen) atoms. The van der Waals surface area contributed by atoms with E-state index in [4.69, 9.17) is 5.41 Å². The molecule has 0 atom stereocenters. The molecule has 0 fully saturated rings. The van der Waals surface area contributed by atoms with Crippen LogP contribution in [0.5, 0.6) is 0 Å². The Kier molecular flexibility index (Phi) is 13.0. The number of carbonyl (C=O) groups excluding carboxylic acids is 2. The predicted octanol–water partition coefficient (Wildman–Crippen LogP) is 8.75. The minimum absolute atomic E-state index is 0.00669. The molecule has 0 saturated heterocycles. The number of hydrogen-bond acceptors (Lipinski definition) is 6. The Morgan fingerprint density at radius 1 is 0.827 bits per heavy atom. The average molecular weight is 699 g/mol. The Morgan fingerprint density at radius 3 is 2.13 bits per heavy atom. The van der Waals surface area contributed by atoms with Gasteiger partial charge in [-0.2, -0.15) is 5.10 Å². The van der Waals surface area contributed by atoms with Gasteiger partial charge >= 0.3 is 0 Å². The molecular formula is C42H50N8O2. The van der Waals surface area contributed by atoms with E-state index >= 15 is 0 Å². The number of rotatable bonds is 14. The standard InChI is InChI=1S/C23H26N4O.C19H24N4O/c1-16(24)21(14-19-15-26-23-20(19)11-7-13-25-23)17(2)27-22(28)12-6-10-18-8-4-3-5-9-18;1-4-5-6-9-18(24)23-14(3)17(13(2)22-23)11-15-12-21-19-16(15)8-7-10-20-19/h3-5,7-9,11,13,15,24H,6,10,12,14H2,1-2H3,(H,25,26)(H,27,28);7-8,10,12H,4-6,9,11H2,1-3H3,(H,20,21)/b21-17-,24-16?;. The van der Waals surface area contributed by atoms with Gasteiger partial charge in [0.15, 0.2) is 0 Å². The molecule has 10 nitrogen and oxygen atoms in total. The van der Waals surface area contributed by atoms with Crippen molar-refractivity contribution in [1.29, 1.82) is 5.41 Å². The van der Waals surface area contributed by atoms with Crippen molar-refractivity contribution in [2.45, 2.75) is 92.4 Å². The molecule has 0 unspecified atom stereocenters. The van der Waals surface area contributed by atoms with Crippen molar-refractivity contribution >= 4 is 39.6 Å². The van der Waals surface area contributed by atoms with Crippen LogP contribution in [-0.4, -0.2) is 47.2 Å². The largest absolute Gasteiger partial charge is 0.346 e. The number of H-pyrrole nitrogens is 2. The van der Waals surface area contributed by atoms with Crippen LogP contribution in [0, 0.1) is 19.3 Å². The van der Waals surface area contributed by atoms with Gasteiger partial charge in [0.2, 0.25) is 11.8 Å². The summed E-state index contributed by atoms with van der Waals surface area (Å²) >= 11 is 0. The van der Waals surface area contributed by atoms with Crippen molar-refractivity contribution < 1.29 is 9.59 Å². The van der Waals surface area contributed by atoms with Crippen molar-refractivity contribution in [2.24, 2.45) is 0 Å². The van der Waals surface area contributed by atoms with E-state index in [1.165, 1.54) is 11.1 Å². The fraction of sp³-hybridized carbons (Fsp3) is 0.333. The van der Waals surface area contributed by atoms with Crippen LogP contribution in [0.2, 0.25) is 0 Å². The zero-order chi connectivity index (χ0) is 37.0. The topological polar surface area (TPSA) is 145 Å². The van der Waals surface area contributed by atoms with E-state index in [2.05, 4.69) is 55.5 Å². The highest BCUT2D eigenvalue weighted by Crippen LogP contribution is 2.24. The molecule has 0 bridgehead atoms. The van der Waals surface area contributed by atoms with Gasteiger partial charge in [0.05, 0.1) is 5.69 Å². The number of nitrogens with zero attached hydrogens (tertiary/aromatic N) is 4. The number of amides is 1. The molecule has 0 aliphatic carbocycles. The minimum Gasteiger partial charge on any atom is -0.346 e. The van der Waals surface area contributed by atoms with Crippen LogP contribution in [-0.2, 0) is 24.1 Å². The second-order valence-electron chi connectivity index (χ2n) is 13.3. The summed E-state index contributed by atoms with van der Waals surface area (Å²) in [5.74, 6) is 0.0867. The second-order valence-corrected chi connectivity index (χ2v) is 13.3. The Balaban J connectivity index is 0.000000203. The molecule has 0 spiro atoms. The first-order chi connectivity index (χ1) is 25.2. The fourth-order valence-electron chi connectivity index (χ4n) is 6.50. The third-order valence-corrected chi connectivity index (χ3v) is 9.42. The molecule has 0 aliphatic heterocycles. The second kappa shape index (κ2) is 18.0. The van der Waals surface area contributed by atoms with Crippen molar-refractivity contribution in [3.05, 3.63) is 124 Å². The van der Waals surface area contributed by atoms with Crippen LogP contribution in [0.3, 0.4) is 0 Å². The minimum atomic E-state index is -0.00669. The summed E-state index contributed by atoms with van der Waals surface area (Å²) in [7, 11) is 0. The van der Waals surface area contributed by atoms with Crippen LogP contribution in [0.15, 0.2) is 90.7 Å². The van der Waals surface area contributed by atoms with Crippen molar-refractivity contribution in [3.63, 3.8) is 0 Å². The number of allylic oxidation sites excluding steroid dienone is 2. The summed E-state index contributed by atoms with van der Waals surface area (Å²) in [5.41, 5.74) is 10.3. The summed E-state index contributed by atoms with van der Waals surface area (Å²) in [6.45, 7) is 9.73. The van der Waals surface area contributed by atoms with Gasteiger partial charge in [-0.3, -0.25) is 9.59 Å². The number of carbonyl (C=O) groups is 2. The van der Waals surface area contributed by atoms with Gasteiger partial charge in [0, 0.05) is 83.9 Å². The molecule has 4 N–H and O–H groups in total. The highest BCUT2D eigenvalue weighted by Gasteiger charge is 2.18. The number of fused-ring (bicyclic) bond motifs is 2. The lowest BCUT2D eigenvalue weighted by Gasteiger charge is -2.13. The number of nitrogens with one attached hydrogen (secondary N) is 4. The smallest absolute Gasteiger partial charge is 0.247 e. The highest BCUT2D eigenvalue weighted by atomic mass is 16.2. The third-order valence-electron chi connectivity index (χ3n) is 9.42. The van der Waals surface area contributed by atoms with E-state index in [1.54, 1.807) is 24.0 Å². The molecule has 5 heterocycles. The molecule has 5 aromatic heterocycles. The molecule has 1 amide bonds. The summed E-state index contributed by atoms with van der Waals surface area (Å²) in [4.78, 5) is 39.8. The maximum absolute atomic E-state index is 12.4. The summed E-state index contributed by atoms with van der Waals surface area (Å²) in [5, 5.41) is 17.8. The first-order valence-corrected chi connectivity index (χ1v) is 18.2. The Hall–Kier alpha value is -5.64. The van der Waals surface area contributed by atoms with Gasteiger partial charge in [-0.15, -0.1) is 0 Å². The first-order valence-electron chi connectivity index (χ1n) is 18.2. The Labute approximate surface area is 305 Å². The molecule has 0 radical (unpaired) electrons. The normalized spacial score (nSPS) is 11.6. The zero-order valence-corrected chi connectivity index (χ0v) is 31.0. The SMILES string of the molecule is CC(=N)/C(Cc1c[nH]c2ncccc12)=C(/C)NC(=O)CCCc1ccccc1.CCCCCC(=O)n1nc(C)c(Cc2c[nH]c3ncccc23)c1C. The van der Waals surface area contributed by atoms with Gasteiger partial charge < -0.3 is 20.7 Å². The van der Waals surface area contributed by atoms with Gasteiger partial charge in [-0.1, -0.05) is 50.1 Å². The summed E-state index contributed by atoms with van der Waals surface area (Å²) < 4.78 is 1.59. The molecule has 0 aliphatic rings. The lowest BCUT2D eigenvalue weighted by Crippen LogP contribution is -2.24. The van der Waals surface area contributed by atoms with Gasteiger partial charge in [-0.25, -0.2) is 14.6 Å². The van der Waals surface area contributed by atoms with Crippen LogP contribution in [0.1, 0.15) is 97.7 Å². The molecular weight excluding hydrogens is 649 g/mol. The van der Waals surface area contributed by atoms with Crippen LogP contribution < -0.4 is 5.32 Å². The summed E-state index contributed by atoms with van der Waals surface area (Å²) in [6, 6.07) is 18.1. The maximum Gasteiger partial charge on any atom is 0.247 e. The fourth-order valence-corrected chi connectivity index (χ4v) is 6.50. The highest BCUT2D eigenvalue weighted by molar-refractivity contribution is 5.98. The third kappa shape index (κ3) is 9.57. The number of hydrogen-bond donors (Lipinski definition) is 4. The number of aromatic nitrogens is 6. The Morgan fingerprint density at radius 2 is 1.48 bits per heavy atom. The van der Waals surface area contributed by atoms with Gasteiger partial charge in [0.25, 0.3) is 0 Å². The van der Waals surface area contributed by atoms with Crippen LogP contribution in [0.25, 0.3) is 22.1 Å². The lowest BCUT2D eigenvalue weighted by atomic mass is 10.00. The molecule has 0 saturated carbocycles. The van der Waals surface area contributed by atoms with Crippen molar-refractivity contribution in [1.82, 2.24) is 35.0 Å². The maximum atomic E-state index is 12.4. The van der Waals surface area contributed by atoms with Crippen molar-refractivity contribution in [3.8, 4) is 0 Å². The quantitative estimate of drug-likeness (QED) is 0.0664. The van der Waals surface area contributed by atoms with E-state index in [0.717, 1.165) is 94.4 Å². The Bertz CT molecular complexity index is 2170. The molecule has 6 rings (SSSR count). The number of aromatic amines is 2. The molecule has 10 heteroatoms. The number of pyridine rings is 2. The molecule has 1 aromatic carbocycles. The van der Waals surface area contributed by atoms with E-state index < -0.39 is 0 Å². The zero-order valence-electron chi connectivity index (χ0n) is 31.0. The monoisotopic (exact) mass is 698 g/mol. The van der Waals surface area contributed by atoms with E-state index in [0.29, 0.717) is 25.0 Å². The van der Waals surface area contributed by atoms with E-state index in [9.17, 15) is 9.59 Å². The van der Waals surface area contributed by atoms with Crippen LogP contribution >= 0.6 is 0 Å². The summed E-state index contributed by atoms with van der Waals surface area (Å²) in [6.07, 6.45) is 14.6. The number of aryl methyl sites for hydroxylation is 2. The number of unbranched alkanes of at least 4 members (excludes halogenated alkanes) is 2. The average Bonchev–Trinajstić information content (AvgIpc) is 3.83. The predicted molar refractivity (Wildman–Crippen MR) is 209 cm³/mol. The van der Waals surface area contributed by atoms with Crippen molar-refractivity contribution in [2.75, 3.05) is 0 Å². The van der Waals surface area contributed by atoms with Gasteiger partial charge in [-0.05, 0) is 93.5 Å². The van der Waals surface area contributed by atoms with Gasteiger partial charge in [0.1, 0.15) is 11.3 Å². The first kappa shape index (κ1) is 37.6. The molecule has 6 aromatic rings. The van der Waals surface area contributed by atoms with Crippen LogP contribution in [0.4, 0.5) is 0 Å². The molecule has 270 valence electrons. The lowest BCUT2D eigenvalue weighted by molar-refractivity contribution is -0.120. The van der Waals surface area contributed by atoms with E-state index in [-0.39, 0.29) is 11.8 Å². The number of benzene rings is 1. The van der Waals surface area contributed by atoms with E-state index in [1.807, 2.05) is 69.6 Å².